The van der Waals surface area contributed by atoms with Crippen LogP contribution in [0.25, 0.3) is 0 Å². The molecule has 1 atom stereocenters. The van der Waals surface area contributed by atoms with Crippen LogP contribution >= 0.6 is 0 Å². The minimum atomic E-state index is -0.858. The van der Waals surface area contributed by atoms with Gasteiger partial charge in [0, 0.05) is 5.56 Å². The second-order valence-electron chi connectivity index (χ2n) is 7.95. The Morgan fingerprint density at radius 2 is 1.93 bits per heavy atom. The van der Waals surface area contributed by atoms with Crippen molar-refractivity contribution in [1.82, 2.24) is 0 Å². The zero-order valence-electron chi connectivity index (χ0n) is 18.9. The molecule has 1 unspecified atom stereocenters. The Morgan fingerprint density at radius 3 is 2.46 bits per heavy atom. The molecule has 0 fully saturated rings. The Morgan fingerprint density at radius 1 is 1.29 bits per heavy atom. The predicted octanol–water partition coefficient (Wildman–Crippen LogP) is 6.26. The molecule has 1 N–H and O–H groups in total. The van der Waals surface area contributed by atoms with Crippen LogP contribution in [0.1, 0.15) is 91.7 Å². The van der Waals surface area contributed by atoms with Gasteiger partial charge in [-0.3, -0.25) is 4.79 Å². The van der Waals surface area contributed by atoms with E-state index in [9.17, 15) is 9.90 Å². The number of allylic oxidation sites excluding steroid dienone is 2. The van der Waals surface area contributed by atoms with Crippen molar-refractivity contribution in [1.29, 1.82) is 0 Å². The Hall–Kier alpha value is -1.97. The summed E-state index contributed by atoms with van der Waals surface area (Å²) in [4.78, 5) is 12.4. The molecule has 28 heavy (non-hydrogen) atoms. The van der Waals surface area contributed by atoms with Crippen molar-refractivity contribution in [2.45, 2.75) is 92.1 Å². The average Bonchev–Trinajstić information content (AvgIpc) is 2.62. The van der Waals surface area contributed by atoms with Gasteiger partial charge in [-0.25, -0.2) is 0 Å². The highest BCUT2D eigenvalue weighted by molar-refractivity contribution is 5.82. The lowest BCUT2D eigenvalue weighted by Crippen LogP contribution is -2.31. The topological polar surface area (TPSA) is 55.8 Å². The number of rotatable bonds is 6. The third-order valence-electron chi connectivity index (χ3n) is 4.97. The monoisotopic (exact) mass is 390 g/mol. The predicted molar refractivity (Wildman–Crippen MR) is 115 cm³/mol. The van der Waals surface area contributed by atoms with E-state index in [1.807, 2.05) is 47.6 Å². The lowest BCUT2D eigenvalue weighted by Gasteiger charge is -2.29. The van der Waals surface area contributed by atoms with Gasteiger partial charge in [0.15, 0.2) is 0 Å². The number of hydrogen-bond donors (Lipinski definition) is 1. The number of phenols is 1. The van der Waals surface area contributed by atoms with Crippen LogP contribution in [0.4, 0.5) is 0 Å². The first-order valence-corrected chi connectivity index (χ1v) is 10.5. The fourth-order valence-corrected chi connectivity index (χ4v) is 3.52. The van der Waals surface area contributed by atoms with Crippen LogP contribution in [0, 0.1) is 0 Å². The zero-order valence-corrected chi connectivity index (χ0v) is 18.9. The highest BCUT2D eigenvalue weighted by atomic mass is 16.5. The summed E-state index contributed by atoms with van der Waals surface area (Å²) in [7, 11) is 0. The zero-order chi connectivity index (χ0) is 21.5. The largest absolute Gasteiger partial charge is 0.508 e. The normalized spacial score (nSPS) is 16.8. The fourth-order valence-electron chi connectivity index (χ4n) is 3.52. The third-order valence-corrected chi connectivity index (χ3v) is 4.97. The number of carbonyl (C=O) groups is 1. The van der Waals surface area contributed by atoms with Crippen LogP contribution in [0.2, 0.25) is 0 Å². The molecule has 0 aromatic heterocycles. The van der Waals surface area contributed by atoms with Gasteiger partial charge in [-0.15, -0.1) is 0 Å². The first-order valence-electron chi connectivity index (χ1n) is 10.5. The summed E-state index contributed by atoms with van der Waals surface area (Å²) in [5, 5.41) is 10.8. The Labute approximate surface area is 170 Å². The summed E-state index contributed by atoms with van der Waals surface area (Å²) in [6.07, 6.45) is 5.15. The minimum Gasteiger partial charge on any atom is -0.508 e. The number of phenolic OH excluding ortho intramolecular Hbond substituents is 1. The molecule has 0 saturated carbocycles. The highest BCUT2D eigenvalue weighted by Gasteiger charge is 2.34. The summed E-state index contributed by atoms with van der Waals surface area (Å²) in [5.41, 5.74) is 2.04. The van der Waals surface area contributed by atoms with Crippen LogP contribution in [0.3, 0.4) is 0 Å². The molecule has 0 saturated heterocycles. The van der Waals surface area contributed by atoms with Crippen LogP contribution in [0.15, 0.2) is 23.8 Å². The average molecular weight is 391 g/mol. The van der Waals surface area contributed by atoms with E-state index >= 15 is 0 Å². The van der Waals surface area contributed by atoms with Gasteiger partial charge in [-0.2, -0.15) is 0 Å². The van der Waals surface area contributed by atoms with Gasteiger partial charge in [0.2, 0.25) is 0 Å². The third kappa shape index (κ3) is 5.76. The molecule has 0 amide bonds. The maximum atomic E-state index is 12.4. The second-order valence-corrected chi connectivity index (χ2v) is 7.95. The molecule has 1 aliphatic carbocycles. The Balaban J connectivity index is 0.00000190. The van der Waals surface area contributed by atoms with Gasteiger partial charge in [0.1, 0.15) is 11.5 Å². The van der Waals surface area contributed by atoms with Gasteiger partial charge in [0.25, 0.3) is 0 Å². The van der Waals surface area contributed by atoms with Crippen LogP contribution in [0.5, 0.6) is 11.5 Å². The molecule has 1 aromatic carbocycles. The summed E-state index contributed by atoms with van der Waals surface area (Å²) in [5.74, 6) is 0.801. The molecule has 0 bridgehead atoms. The molecule has 4 heteroatoms. The molecule has 158 valence electrons. The summed E-state index contributed by atoms with van der Waals surface area (Å²) >= 11 is 0. The standard InChI is InChI=1S/C22H32O4.C2H6/c1-7-25-21(24)22(5,6)17-12-18(23)20(19(13-17)26-14(2)3)16-10-8-9-15(4)11-16;1-2/h9,12-14,16,23H,7-8,10-11H2,1-6H3;1-2H3. The van der Waals surface area contributed by atoms with E-state index in [4.69, 9.17) is 9.47 Å². The van der Waals surface area contributed by atoms with Gasteiger partial charge in [0.05, 0.1) is 18.1 Å². The number of benzene rings is 1. The van der Waals surface area contributed by atoms with Crippen molar-refractivity contribution in [3.63, 3.8) is 0 Å². The number of aromatic hydroxyl groups is 1. The van der Waals surface area contributed by atoms with Gasteiger partial charge in [-0.1, -0.05) is 25.5 Å². The Bertz CT molecular complexity index is 686. The van der Waals surface area contributed by atoms with E-state index in [1.54, 1.807) is 13.0 Å². The SMILES string of the molecule is CC.CCOC(=O)C(C)(C)c1cc(O)c(C2CCC=C(C)C2)c(OC(C)C)c1. The summed E-state index contributed by atoms with van der Waals surface area (Å²) in [6.45, 7) is 15.8. The van der Waals surface area contributed by atoms with E-state index in [2.05, 4.69) is 13.0 Å². The molecule has 0 heterocycles. The number of ether oxygens (including phenoxy) is 2. The number of hydrogen-bond acceptors (Lipinski definition) is 4. The number of esters is 1. The van der Waals surface area contributed by atoms with Gasteiger partial charge < -0.3 is 14.6 Å². The molecule has 0 radical (unpaired) electrons. The van der Waals surface area contributed by atoms with Crippen molar-refractivity contribution in [3.05, 3.63) is 34.9 Å². The number of carbonyl (C=O) groups excluding carboxylic acids is 1. The maximum absolute atomic E-state index is 12.4. The smallest absolute Gasteiger partial charge is 0.315 e. The second kappa shape index (κ2) is 10.5. The van der Waals surface area contributed by atoms with Crippen molar-refractivity contribution in [2.24, 2.45) is 0 Å². The molecule has 2 rings (SSSR count). The molecule has 4 nitrogen and oxygen atoms in total. The molecule has 0 spiro atoms. The first kappa shape index (κ1) is 24.1. The summed E-state index contributed by atoms with van der Waals surface area (Å²) in [6, 6.07) is 3.60. The first-order chi connectivity index (χ1) is 13.2. The maximum Gasteiger partial charge on any atom is 0.315 e. The fraction of sp³-hybridized carbons (Fsp3) is 0.625. The summed E-state index contributed by atoms with van der Waals surface area (Å²) < 4.78 is 11.3. The van der Waals surface area contributed by atoms with Crippen molar-refractivity contribution in [2.75, 3.05) is 6.61 Å². The Kier molecular flexibility index (Phi) is 9.06. The lowest BCUT2D eigenvalue weighted by molar-refractivity contribution is -0.148. The van der Waals surface area contributed by atoms with E-state index in [1.165, 1.54) is 5.57 Å². The van der Waals surface area contributed by atoms with E-state index < -0.39 is 5.41 Å². The van der Waals surface area contributed by atoms with Crippen molar-refractivity contribution in [3.8, 4) is 11.5 Å². The lowest BCUT2D eigenvalue weighted by atomic mass is 9.79. The van der Waals surface area contributed by atoms with Gasteiger partial charge >= 0.3 is 5.97 Å². The van der Waals surface area contributed by atoms with Crippen LogP contribution < -0.4 is 4.74 Å². The van der Waals surface area contributed by atoms with Crippen molar-refractivity contribution >= 4 is 5.97 Å². The van der Waals surface area contributed by atoms with E-state index in [0.717, 1.165) is 24.8 Å². The van der Waals surface area contributed by atoms with Crippen LogP contribution in [-0.2, 0) is 14.9 Å². The quantitative estimate of drug-likeness (QED) is 0.460. The van der Waals surface area contributed by atoms with Crippen molar-refractivity contribution < 1.29 is 19.4 Å². The van der Waals surface area contributed by atoms with E-state index in [0.29, 0.717) is 17.9 Å². The van der Waals surface area contributed by atoms with E-state index in [-0.39, 0.29) is 23.7 Å². The highest BCUT2D eigenvalue weighted by Crippen LogP contribution is 2.45. The molecular weight excluding hydrogens is 352 g/mol. The molecule has 0 aliphatic heterocycles. The minimum absolute atomic E-state index is 0.0191. The molecular formula is C24H38O4. The van der Waals surface area contributed by atoms with Crippen LogP contribution in [-0.4, -0.2) is 23.8 Å². The molecule has 1 aliphatic rings. The molecule has 1 aromatic rings. The van der Waals surface area contributed by atoms with Gasteiger partial charge in [-0.05, 0) is 84.4 Å².